The lowest BCUT2D eigenvalue weighted by Gasteiger charge is -2.09. The largest absolute Gasteiger partial charge is 0.361 e. The van der Waals surface area contributed by atoms with Gasteiger partial charge in [0.15, 0.2) is 0 Å². The van der Waals surface area contributed by atoms with Crippen molar-refractivity contribution in [1.82, 2.24) is 10.3 Å². The molecule has 0 atom stereocenters. The molecule has 1 heterocycles. The van der Waals surface area contributed by atoms with E-state index >= 15 is 0 Å². The Kier molecular flexibility index (Phi) is 3.55. The Morgan fingerprint density at radius 3 is 2.86 bits per heavy atom. The number of carbonyl (C=O) groups excluding carboxylic acids is 1. The van der Waals surface area contributed by atoms with Gasteiger partial charge in [0.05, 0.1) is 5.69 Å². The van der Waals surface area contributed by atoms with Crippen LogP contribution in [0.15, 0.2) is 54.7 Å². The highest BCUT2D eigenvalue weighted by Crippen LogP contribution is 2.21. The van der Waals surface area contributed by atoms with Crippen LogP contribution in [-0.2, 0) is 6.54 Å². The lowest BCUT2D eigenvalue weighted by molar-refractivity contribution is 0.251. The van der Waals surface area contributed by atoms with Crippen LogP contribution >= 0.6 is 0 Å². The number of rotatable bonds is 3. The quantitative estimate of drug-likeness (QED) is 0.675. The average molecular weight is 283 g/mol. The Hall–Kier alpha value is -2.82. The van der Waals surface area contributed by atoms with Gasteiger partial charge in [-0.3, -0.25) is 0 Å². The van der Waals surface area contributed by atoms with E-state index in [-0.39, 0.29) is 18.4 Å². The molecular weight excluding hydrogens is 269 g/mol. The summed E-state index contributed by atoms with van der Waals surface area (Å²) < 4.78 is 13.0. The molecule has 0 aliphatic heterocycles. The van der Waals surface area contributed by atoms with Crippen LogP contribution in [0.4, 0.5) is 14.9 Å². The Morgan fingerprint density at radius 1 is 1.14 bits per heavy atom. The maximum absolute atomic E-state index is 13.0. The molecule has 4 nitrogen and oxygen atoms in total. The minimum atomic E-state index is -0.326. The lowest BCUT2D eigenvalue weighted by atomic mass is 10.2. The van der Waals surface area contributed by atoms with E-state index in [4.69, 9.17) is 0 Å². The van der Waals surface area contributed by atoms with Crippen molar-refractivity contribution in [2.75, 3.05) is 5.32 Å². The molecule has 0 spiro atoms. The zero-order valence-corrected chi connectivity index (χ0v) is 11.2. The molecule has 1 aromatic heterocycles. The van der Waals surface area contributed by atoms with Gasteiger partial charge in [-0.05, 0) is 35.9 Å². The summed E-state index contributed by atoms with van der Waals surface area (Å²) in [5.41, 5.74) is 2.40. The number of urea groups is 1. The van der Waals surface area contributed by atoms with E-state index in [1.165, 1.54) is 12.1 Å². The van der Waals surface area contributed by atoms with Crippen molar-refractivity contribution in [2.45, 2.75) is 6.54 Å². The summed E-state index contributed by atoms with van der Waals surface area (Å²) in [4.78, 5) is 15.0. The molecule has 0 aliphatic rings. The molecule has 0 bridgehead atoms. The van der Waals surface area contributed by atoms with Gasteiger partial charge in [-0.15, -0.1) is 0 Å². The van der Waals surface area contributed by atoms with Crippen LogP contribution in [0.1, 0.15) is 5.56 Å². The van der Waals surface area contributed by atoms with Gasteiger partial charge in [-0.25, -0.2) is 9.18 Å². The molecule has 0 saturated carbocycles. The van der Waals surface area contributed by atoms with Gasteiger partial charge in [0.2, 0.25) is 0 Å². The molecule has 0 aliphatic carbocycles. The van der Waals surface area contributed by atoms with E-state index in [9.17, 15) is 9.18 Å². The molecule has 3 aromatic rings. The molecule has 0 radical (unpaired) electrons. The van der Waals surface area contributed by atoms with Gasteiger partial charge in [-0.1, -0.05) is 18.2 Å². The molecule has 0 saturated heterocycles. The molecule has 0 fully saturated rings. The number of amides is 2. The Balaban J connectivity index is 1.65. The molecule has 3 N–H and O–H groups in total. The predicted octanol–water partition coefficient (Wildman–Crippen LogP) is 3.63. The smallest absolute Gasteiger partial charge is 0.319 e. The summed E-state index contributed by atoms with van der Waals surface area (Å²) in [6.07, 6.45) is 1.82. The minimum absolute atomic E-state index is 0.271. The summed E-state index contributed by atoms with van der Waals surface area (Å²) in [5.74, 6) is -0.313. The van der Waals surface area contributed by atoms with Gasteiger partial charge >= 0.3 is 6.03 Å². The van der Waals surface area contributed by atoms with Gasteiger partial charge in [0, 0.05) is 23.6 Å². The summed E-state index contributed by atoms with van der Waals surface area (Å²) in [6, 6.07) is 13.3. The molecule has 3 rings (SSSR count). The average Bonchev–Trinajstić information content (AvgIpc) is 2.95. The highest BCUT2D eigenvalue weighted by Gasteiger charge is 2.06. The van der Waals surface area contributed by atoms with Crippen LogP contribution in [-0.4, -0.2) is 11.0 Å². The first-order chi connectivity index (χ1) is 10.2. The molecule has 2 amide bonds. The van der Waals surface area contributed by atoms with Crippen molar-refractivity contribution in [1.29, 1.82) is 0 Å². The van der Waals surface area contributed by atoms with E-state index < -0.39 is 0 Å². The standard InChI is InChI=1S/C16H14FN3O/c17-12-4-1-3-11(9-12)10-19-16(21)20-15-6-2-5-14-13(15)7-8-18-14/h1-9,18H,10H2,(H2,19,20,21). The fourth-order valence-corrected chi connectivity index (χ4v) is 2.19. The number of anilines is 1. The summed E-state index contributed by atoms with van der Waals surface area (Å²) in [7, 11) is 0. The van der Waals surface area contributed by atoms with Crippen LogP contribution in [0, 0.1) is 5.82 Å². The van der Waals surface area contributed by atoms with Crippen LogP contribution in [0.3, 0.4) is 0 Å². The number of hydrogen-bond donors (Lipinski definition) is 3. The third-order valence-corrected chi connectivity index (χ3v) is 3.19. The first-order valence-electron chi connectivity index (χ1n) is 6.58. The first-order valence-corrected chi connectivity index (χ1v) is 6.58. The van der Waals surface area contributed by atoms with Crippen molar-refractivity contribution >= 4 is 22.6 Å². The van der Waals surface area contributed by atoms with E-state index in [2.05, 4.69) is 15.6 Å². The van der Waals surface area contributed by atoms with Crippen molar-refractivity contribution < 1.29 is 9.18 Å². The number of benzene rings is 2. The summed E-state index contributed by atoms with van der Waals surface area (Å²) in [6.45, 7) is 0.271. The Bertz CT molecular complexity index is 782. The lowest BCUT2D eigenvalue weighted by Crippen LogP contribution is -2.28. The van der Waals surface area contributed by atoms with Gasteiger partial charge in [0.25, 0.3) is 0 Å². The van der Waals surface area contributed by atoms with E-state index in [1.807, 2.05) is 30.5 Å². The number of fused-ring (bicyclic) bond motifs is 1. The van der Waals surface area contributed by atoms with Crippen molar-refractivity contribution in [3.8, 4) is 0 Å². The number of hydrogen-bond acceptors (Lipinski definition) is 1. The highest BCUT2D eigenvalue weighted by atomic mass is 19.1. The molecule has 21 heavy (non-hydrogen) atoms. The maximum Gasteiger partial charge on any atom is 0.319 e. The fourth-order valence-electron chi connectivity index (χ4n) is 2.19. The molecule has 5 heteroatoms. The number of halogens is 1. The van der Waals surface area contributed by atoms with Gasteiger partial charge in [-0.2, -0.15) is 0 Å². The maximum atomic E-state index is 13.0. The molecular formula is C16H14FN3O. The molecule has 2 aromatic carbocycles. The van der Waals surface area contributed by atoms with Crippen molar-refractivity contribution in [3.05, 3.63) is 66.1 Å². The van der Waals surface area contributed by atoms with E-state index in [0.29, 0.717) is 5.56 Å². The van der Waals surface area contributed by atoms with Crippen molar-refractivity contribution in [3.63, 3.8) is 0 Å². The van der Waals surface area contributed by atoms with E-state index in [1.54, 1.807) is 12.1 Å². The first kappa shape index (κ1) is 13.2. The minimum Gasteiger partial charge on any atom is -0.361 e. The van der Waals surface area contributed by atoms with Gasteiger partial charge in [0.1, 0.15) is 5.82 Å². The van der Waals surface area contributed by atoms with E-state index in [0.717, 1.165) is 16.6 Å². The second kappa shape index (κ2) is 5.66. The number of nitrogens with one attached hydrogen (secondary N) is 3. The zero-order chi connectivity index (χ0) is 14.7. The number of H-pyrrole nitrogens is 1. The monoisotopic (exact) mass is 283 g/mol. The molecule has 0 unspecified atom stereocenters. The van der Waals surface area contributed by atoms with Crippen molar-refractivity contribution in [2.24, 2.45) is 0 Å². The molecule has 106 valence electrons. The van der Waals surface area contributed by atoms with Crippen LogP contribution in [0.5, 0.6) is 0 Å². The van der Waals surface area contributed by atoms with Crippen LogP contribution < -0.4 is 10.6 Å². The summed E-state index contributed by atoms with van der Waals surface area (Å²) >= 11 is 0. The van der Waals surface area contributed by atoms with Crippen LogP contribution in [0.25, 0.3) is 10.9 Å². The number of aromatic nitrogens is 1. The highest BCUT2D eigenvalue weighted by molar-refractivity contribution is 6.00. The normalized spacial score (nSPS) is 10.5. The van der Waals surface area contributed by atoms with Gasteiger partial charge < -0.3 is 15.6 Å². The SMILES string of the molecule is O=C(NCc1cccc(F)c1)Nc1cccc2[nH]ccc12. The zero-order valence-electron chi connectivity index (χ0n) is 11.2. The number of carbonyl (C=O) groups is 1. The summed E-state index contributed by atoms with van der Waals surface area (Å²) in [5, 5.41) is 6.44. The number of aromatic amines is 1. The van der Waals surface area contributed by atoms with Crippen LogP contribution in [0.2, 0.25) is 0 Å². The second-order valence-electron chi connectivity index (χ2n) is 4.68. The topological polar surface area (TPSA) is 56.9 Å². The fraction of sp³-hybridized carbons (Fsp3) is 0.0625. The third kappa shape index (κ3) is 3.02. The Labute approximate surface area is 121 Å². The predicted molar refractivity (Wildman–Crippen MR) is 80.6 cm³/mol. The Morgan fingerprint density at radius 2 is 2.00 bits per heavy atom. The third-order valence-electron chi connectivity index (χ3n) is 3.19. The second-order valence-corrected chi connectivity index (χ2v) is 4.68.